The normalized spacial score (nSPS) is 15.5. The maximum absolute atomic E-state index is 12.8. The van der Waals surface area contributed by atoms with Gasteiger partial charge in [-0.1, -0.05) is 72.3 Å². The molecule has 2 amide bonds. The summed E-state index contributed by atoms with van der Waals surface area (Å²) in [6, 6.07) is 22.6. The molecule has 0 saturated carbocycles. The van der Waals surface area contributed by atoms with Crippen LogP contribution in [-0.4, -0.2) is 31.1 Å². The molecule has 1 N–H and O–H groups in total. The van der Waals surface area contributed by atoms with Crippen molar-refractivity contribution in [3.05, 3.63) is 101 Å². The second kappa shape index (κ2) is 7.76. The van der Waals surface area contributed by atoms with E-state index in [0.717, 1.165) is 16.7 Å². The van der Waals surface area contributed by atoms with Gasteiger partial charge < -0.3 is 5.32 Å². The molecule has 7 heteroatoms. The summed E-state index contributed by atoms with van der Waals surface area (Å²) in [6.45, 7) is 1.40. The SMILES string of the molecule is Cc1ccc(C(NC(=O)CN2C(=O)c3ccccc3S2(=O)=O)c2ccccc2)cc1. The van der Waals surface area contributed by atoms with Crippen molar-refractivity contribution >= 4 is 21.8 Å². The maximum atomic E-state index is 12.8. The summed E-state index contributed by atoms with van der Waals surface area (Å²) in [6.07, 6.45) is 0. The molecule has 0 aromatic heterocycles. The Balaban J connectivity index is 1.60. The fourth-order valence-electron chi connectivity index (χ4n) is 3.49. The second-order valence-corrected chi connectivity index (χ2v) is 8.97. The summed E-state index contributed by atoms with van der Waals surface area (Å²) in [7, 11) is -4.04. The number of fused-ring (bicyclic) bond motifs is 1. The number of carbonyl (C=O) groups is 2. The number of rotatable bonds is 5. The lowest BCUT2D eigenvalue weighted by Crippen LogP contribution is -2.41. The van der Waals surface area contributed by atoms with E-state index in [-0.39, 0.29) is 10.5 Å². The first-order valence-electron chi connectivity index (χ1n) is 9.45. The van der Waals surface area contributed by atoms with Gasteiger partial charge in [-0.15, -0.1) is 0 Å². The molecule has 3 aromatic rings. The second-order valence-electron chi connectivity index (χ2n) is 7.13. The molecular weight excluding hydrogens is 400 g/mol. The van der Waals surface area contributed by atoms with E-state index in [4.69, 9.17) is 0 Å². The Morgan fingerprint density at radius 2 is 1.50 bits per heavy atom. The monoisotopic (exact) mass is 420 g/mol. The van der Waals surface area contributed by atoms with Crippen LogP contribution < -0.4 is 5.32 Å². The molecule has 0 fully saturated rings. The van der Waals surface area contributed by atoms with E-state index >= 15 is 0 Å². The number of aryl methyl sites for hydroxylation is 1. The Bertz CT molecular complexity index is 1210. The van der Waals surface area contributed by atoms with Gasteiger partial charge in [0, 0.05) is 0 Å². The van der Waals surface area contributed by atoms with Gasteiger partial charge in [0.15, 0.2) is 0 Å². The highest BCUT2D eigenvalue weighted by Gasteiger charge is 2.42. The standard InChI is InChI=1S/C23H20N2O4S/c1-16-11-13-18(14-12-16)22(17-7-3-2-4-8-17)24-21(26)15-25-23(27)19-9-5-6-10-20(19)30(25,28)29/h2-14,22H,15H2,1H3,(H,24,26). The van der Waals surface area contributed by atoms with Gasteiger partial charge >= 0.3 is 0 Å². The summed E-state index contributed by atoms with van der Waals surface area (Å²) >= 11 is 0. The third kappa shape index (κ3) is 3.59. The molecule has 0 radical (unpaired) electrons. The Morgan fingerprint density at radius 3 is 2.17 bits per heavy atom. The number of amides is 2. The van der Waals surface area contributed by atoms with E-state index in [2.05, 4.69) is 5.32 Å². The van der Waals surface area contributed by atoms with E-state index in [1.807, 2.05) is 61.5 Å². The first kappa shape index (κ1) is 19.8. The van der Waals surface area contributed by atoms with Crippen LogP contribution >= 0.6 is 0 Å². The van der Waals surface area contributed by atoms with Crippen molar-refractivity contribution in [2.75, 3.05) is 6.54 Å². The summed E-state index contributed by atoms with van der Waals surface area (Å²) in [5, 5.41) is 2.88. The number of nitrogens with one attached hydrogen (secondary N) is 1. The van der Waals surface area contributed by atoms with Crippen LogP contribution in [0.15, 0.2) is 83.8 Å². The molecule has 1 aliphatic rings. The fourth-order valence-corrected chi connectivity index (χ4v) is 5.01. The predicted molar refractivity (Wildman–Crippen MR) is 112 cm³/mol. The zero-order valence-electron chi connectivity index (χ0n) is 16.3. The van der Waals surface area contributed by atoms with Crippen molar-refractivity contribution < 1.29 is 18.0 Å². The minimum atomic E-state index is -4.04. The molecule has 0 bridgehead atoms. The van der Waals surface area contributed by atoms with Gasteiger partial charge in [0.2, 0.25) is 5.91 Å². The van der Waals surface area contributed by atoms with Gasteiger partial charge in [0.1, 0.15) is 11.4 Å². The zero-order chi connectivity index (χ0) is 21.3. The Kier molecular flexibility index (Phi) is 5.13. The van der Waals surface area contributed by atoms with Crippen LogP contribution in [0.5, 0.6) is 0 Å². The first-order chi connectivity index (χ1) is 14.4. The minimum absolute atomic E-state index is 0.0686. The molecule has 4 rings (SSSR count). The average Bonchev–Trinajstić information content (AvgIpc) is 2.94. The van der Waals surface area contributed by atoms with Crippen molar-refractivity contribution in [2.24, 2.45) is 0 Å². The number of carbonyl (C=O) groups excluding carboxylic acids is 2. The average molecular weight is 420 g/mol. The third-order valence-electron chi connectivity index (χ3n) is 5.05. The third-order valence-corrected chi connectivity index (χ3v) is 6.84. The first-order valence-corrected chi connectivity index (χ1v) is 10.9. The number of sulfonamides is 1. The van der Waals surface area contributed by atoms with Crippen LogP contribution in [0.25, 0.3) is 0 Å². The highest BCUT2D eigenvalue weighted by atomic mass is 32.2. The number of hydrogen-bond donors (Lipinski definition) is 1. The lowest BCUT2D eigenvalue weighted by atomic mass is 9.98. The Hall–Kier alpha value is -3.45. The van der Waals surface area contributed by atoms with Gasteiger partial charge in [-0.3, -0.25) is 9.59 Å². The van der Waals surface area contributed by atoms with Crippen molar-refractivity contribution in [2.45, 2.75) is 17.9 Å². The van der Waals surface area contributed by atoms with Crippen LogP contribution in [0.2, 0.25) is 0 Å². The Labute approximate surface area is 175 Å². The van der Waals surface area contributed by atoms with Gasteiger partial charge in [-0.2, -0.15) is 0 Å². The van der Waals surface area contributed by atoms with Gasteiger partial charge in [-0.05, 0) is 30.2 Å². The van der Waals surface area contributed by atoms with Gasteiger partial charge in [0.05, 0.1) is 11.6 Å². The molecule has 30 heavy (non-hydrogen) atoms. The Morgan fingerprint density at radius 1 is 0.900 bits per heavy atom. The zero-order valence-corrected chi connectivity index (χ0v) is 17.1. The molecule has 152 valence electrons. The predicted octanol–water partition coefficient (Wildman–Crippen LogP) is 3.05. The minimum Gasteiger partial charge on any atom is -0.344 e. The number of nitrogens with zero attached hydrogens (tertiary/aromatic N) is 1. The van der Waals surface area contributed by atoms with Crippen molar-refractivity contribution in [3.8, 4) is 0 Å². The van der Waals surface area contributed by atoms with E-state index in [0.29, 0.717) is 4.31 Å². The topological polar surface area (TPSA) is 83.6 Å². The lowest BCUT2D eigenvalue weighted by molar-refractivity contribution is -0.121. The largest absolute Gasteiger partial charge is 0.344 e. The highest BCUT2D eigenvalue weighted by molar-refractivity contribution is 7.90. The smallest absolute Gasteiger partial charge is 0.269 e. The van der Waals surface area contributed by atoms with Gasteiger partial charge in [-0.25, -0.2) is 12.7 Å². The van der Waals surface area contributed by atoms with Crippen molar-refractivity contribution in [3.63, 3.8) is 0 Å². The summed E-state index contributed by atoms with van der Waals surface area (Å²) in [4.78, 5) is 25.3. The van der Waals surface area contributed by atoms with Crippen LogP contribution in [0.4, 0.5) is 0 Å². The summed E-state index contributed by atoms with van der Waals surface area (Å²) < 4.78 is 26.1. The quantitative estimate of drug-likeness (QED) is 0.688. The van der Waals surface area contributed by atoms with Crippen LogP contribution in [0, 0.1) is 6.92 Å². The molecule has 1 atom stereocenters. The maximum Gasteiger partial charge on any atom is 0.269 e. The molecule has 6 nitrogen and oxygen atoms in total. The van der Waals surface area contributed by atoms with E-state index in [1.165, 1.54) is 12.1 Å². The summed E-state index contributed by atoms with van der Waals surface area (Å²) in [5.41, 5.74) is 2.89. The molecule has 3 aromatic carbocycles. The summed E-state index contributed by atoms with van der Waals surface area (Å²) in [5.74, 6) is -1.25. The number of benzene rings is 3. The molecular formula is C23H20N2O4S. The molecule has 0 aliphatic carbocycles. The highest BCUT2D eigenvalue weighted by Crippen LogP contribution is 2.30. The lowest BCUT2D eigenvalue weighted by Gasteiger charge is -2.22. The van der Waals surface area contributed by atoms with E-state index in [1.54, 1.807) is 12.1 Å². The van der Waals surface area contributed by atoms with Crippen molar-refractivity contribution in [1.29, 1.82) is 0 Å². The van der Waals surface area contributed by atoms with Crippen LogP contribution in [0.1, 0.15) is 33.1 Å². The van der Waals surface area contributed by atoms with E-state index in [9.17, 15) is 18.0 Å². The van der Waals surface area contributed by atoms with Gasteiger partial charge in [0.25, 0.3) is 15.9 Å². The van der Waals surface area contributed by atoms with Crippen molar-refractivity contribution in [1.82, 2.24) is 9.62 Å². The molecule has 1 heterocycles. The molecule has 0 spiro atoms. The fraction of sp³-hybridized carbons (Fsp3) is 0.130. The van der Waals surface area contributed by atoms with E-state index < -0.39 is 34.4 Å². The molecule has 0 saturated heterocycles. The molecule has 1 unspecified atom stereocenters. The van der Waals surface area contributed by atoms with Crippen LogP contribution in [-0.2, 0) is 14.8 Å². The number of hydrogen-bond acceptors (Lipinski definition) is 4. The molecule has 1 aliphatic heterocycles. The van der Waals surface area contributed by atoms with Crippen LogP contribution in [0.3, 0.4) is 0 Å².